The Labute approximate surface area is 61.0 Å². The maximum absolute atomic E-state index is 8.65. The molecule has 1 atom stereocenters. The monoisotopic (exact) mass is 151 g/mol. The number of hydrogen-bond acceptors (Lipinski definition) is 2. The zero-order valence-electron chi connectivity index (χ0n) is 5.20. The second kappa shape index (κ2) is 3.31. The van der Waals surface area contributed by atoms with Crippen LogP contribution in [0.4, 0.5) is 0 Å². The number of rotatable bonds is 1. The van der Waals surface area contributed by atoms with Gasteiger partial charge in [-0.05, 0) is 17.4 Å². The molecule has 0 spiro atoms. The first-order valence-electron chi connectivity index (χ1n) is 2.77. The normalized spacial score (nSPS) is 10.0. The molecule has 10 heavy (non-hydrogen) atoms. The predicted molar refractivity (Wildman–Crippen MR) is 41.3 cm³/mol. The third-order valence-corrected chi connectivity index (χ3v) is 1.73. The minimum Gasteiger partial charge on any atom is -0.372 e. The van der Waals surface area contributed by atoms with Crippen LogP contribution in [0.5, 0.6) is 0 Å². The average Bonchev–Trinajstić information content (AvgIpc) is 2.05. The Hall–Kier alpha value is -0.900. The Kier molecular flexibility index (Phi) is 2.39. The van der Waals surface area contributed by atoms with Crippen molar-refractivity contribution in [3.05, 3.63) is 29.8 Å². The van der Waals surface area contributed by atoms with Gasteiger partial charge in [-0.15, -0.1) is 0 Å². The molecule has 1 aromatic carbocycles. The summed E-state index contributed by atoms with van der Waals surface area (Å²) in [5, 5.41) is 9.25. The van der Waals surface area contributed by atoms with Crippen LogP contribution in [-0.4, -0.2) is 4.89 Å². The van der Waals surface area contributed by atoms with Crippen LogP contribution in [0.25, 0.3) is 0 Å². The van der Waals surface area contributed by atoms with Gasteiger partial charge in [-0.25, -0.2) is 0 Å². The molecule has 1 unspecified atom stereocenters. The van der Waals surface area contributed by atoms with E-state index in [9.17, 15) is 0 Å². The lowest BCUT2D eigenvalue weighted by Gasteiger charge is -1.92. The Morgan fingerprint density at radius 1 is 1.30 bits per heavy atom. The smallest absolute Gasteiger partial charge is 0.0991 e. The Bertz CT molecular complexity index is 249. The van der Waals surface area contributed by atoms with Gasteiger partial charge < -0.3 is 4.89 Å². The van der Waals surface area contributed by atoms with Crippen LogP contribution in [0.1, 0.15) is 5.56 Å². The molecule has 0 aliphatic heterocycles. The predicted octanol–water partition coefficient (Wildman–Crippen LogP) is 0.769. The zero-order valence-corrected chi connectivity index (χ0v) is 6.20. The van der Waals surface area contributed by atoms with E-state index in [2.05, 4.69) is 0 Å². The van der Waals surface area contributed by atoms with Crippen LogP contribution >= 0.6 is 8.81 Å². The van der Waals surface area contributed by atoms with Gasteiger partial charge in [0.25, 0.3) is 0 Å². The van der Waals surface area contributed by atoms with Crippen molar-refractivity contribution in [2.45, 2.75) is 0 Å². The van der Waals surface area contributed by atoms with Gasteiger partial charge in [0.15, 0.2) is 0 Å². The molecule has 0 bridgehead atoms. The summed E-state index contributed by atoms with van der Waals surface area (Å²) in [7, 11) is -0.182. The molecule has 2 nitrogen and oxygen atoms in total. The summed E-state index contributed by atoms with van der Waals surface area (Å²) < 4.78 is 0. The van der Waals surface area contributed by atoms with Gasteiger partial charge in [0, 0.05) is 8.81 Å². The molecule has 1 rings (SSSR count). The Morgan fingerprint density at radius 2 is 1.90 bits per heavy atom. The number of nitriles is 1. The van der Waals surface area contributed by atoms with Crippen molar-refractivity contribution in [2.24, 2.45) is 0 Å². The third-order valence-electron chi connectivity index (χ3n) is 1.14. The summed E-state index contributed by atoms with van der Waals surface area (Å²) in [5.41, 5.74) is 0.627. The first-order valence-corrected chi connectivity index (χ1v) is 3.72. The van der Waals surface area contributed by atoms with Crippen molar-refractivity contribution in [3.8, 4) is 6.07 Å². The molecule has 0 aliphatic rings. The average molecular weight is 151 g/mol. The highest BCUT2D eigenvalue weighted by molar-refractivity contribution is 7.40. The Morgan fingerprint density at radius 3 is 2.30 bits per heavy atom. The van der Waals surface area contributed by atoms with Gasteiger partial charge in [0.05, 0.1) is 11.6 Å². The van der Waals surface area contributed by atoms with Crippen LogP contribution in [0.2, 0.25) is 0 Å². The van der Waals surface area contributed by atoms with Crippen molar-refractivity contribution in [1.82, 2.24) is 0 Å². The first-order chi connectivity index (χ1) is 4.86. The minimum absolute atomic E-state index is 0.182. The minimum atomic E-state index is -0.182. The Balaban J connectivity index is 2.93. The van der Waals surface area contributed by atoms with Crippen molar-refractivity contribution in [3.63, 3.8) is 0 Å². The maximum atomic E-state index is 8.65. The fourth-order valence-corrected chi connectivity index (χ4v) is 0.935. The number of benzene rings is 1. The number of nitrogens with zero attached hydrogens (tertiary/aromatic N) is 1. The fraction of sp³-hybridized carbons (Fsp3) is 0. The molecule has 3 heteroatoms. The highest BCUT2D eigenvalue weighted by Crippen LogP contribution is 2.03. The molecule has 1 aromatic rings. The molecular weight excluding hydrogens is 145 g/mol. The van der Waals surface area contributed by atoms with Gasteiger partial charge in [0.1, 0.15) is 0 Å². The van der Waals surface area contributed by atoms with Crippen LogP contribution in [-0.2, 0) is 0 Å². The van der Waals surface area contributed by atoms with E-state index in [1.807, 2.05) is 6.07 Å². The third kappa shape index (κ3) is 1.54. The molecule has 0 saturated heterocycles. The van der Waals surface area contributed by atoms with E-state index < -0.39 is 0 Å². The number of hydrogen-bond donors (Lipinski definition) is 1. The van der Waals surface area contributed by atoms with E-state index in [0.29, 0.717) is 5.56 Å². The van der Waals surface area contributed by atoms with Gasteiger partial charge in [0.2, 0.25) is 0 Å². The van der Waals surface area contributed by atoms with Crippen LogP contribution in [0.3, 0.4) is 0 Å². The van der Waals surface area contributed by atoms with Crippen LogP contribution in [0.15, 0.2) is 24.3 Å². The summed E-state index contributed by atoms with van der Waals surface area (Å²) >= 11 is 0. The molecule has 0 aliphatic carbocycles. The highest BCUT2D eigenvalue weighted by atomic mass is 31.1. The zero-order chi connectivity index (χ0) is 7.40. The molecule has 50 valence electrons. The van der Waals surface area contributed by atoms with Gasteiger partial charge in [-0.2, -0.15) is 5.26 Å². The first kappa shape index (κ1) is 7.21. The van der Waals surface area contributed by atoms with E-state index in [1.54, 1.807) is 24.3 Å². The van der Waals surface area contributed by atoms with Crippen molar-refractivity contribution < 1.29 is 4.89 Å². The van der Waals surface area contributed by atoms with Crippen molar-refractivity contribution in [2.75, 3.05) is 0 Å². The van der Waals surface area contributed by atoms with E-state index in [-0.39, 0.29) is 8.81 Å². The molecule has 1 N–H and O–H groups in total. The molecular formula is C7H6NOP. The van der Waals surface area contributed by atoms with E-state index in [1.165, 1.54) is 0 Å². The summed E-state index contributed by atoms with van der Waals surface area (Å²) in [6, 6.07) is 8.88. The van der Waals surface area contributed by atoms with E-state index in [0.717, 1.165) is 5.30 Å². The lowest BCUT2D eigenvalue weighted by atomic mass is 10.2. The second-order valence-corrected chi connectivity index (χ2v) is 2.60. The standard InChI is InChI=1S/C7H6NOP/c8-5-6-1-3-7(10-9)4-2-6/h1-4,9-10H. The summed E-state index contributed by atoms with van der Waals surface area (Å²) in [5.74, 6) is 0. The quantitative estimate of drug-likeness (QED) is 0.602. The van der Waals surface area contributed by atoms with Gasteiger partial charge >= 0.3 is 0 Å². The summed E-state index contributed by atoms with van der Waals surface area (Å²) in [4.78, 5) is 8.65. The van der Waals surface area contributed by atoms with Crippen LogP contribution in [0, 0.1) is 11.3 Å². The van der Waals surface area contributed by atoms with E-state index >= 15 is 0 Å². The van der Waals surface area contributed by atoms with Crippen LogP contribution < -0.4 is 5.30 Å². The lowest BCUT2D eigenvalue weighted by molar-refractivity contribution is 0.655. The molecule has 0 fully saturated rings. The largest absolute Gasteiger partial charge is 0.372 e. The maximum Gasteiger partial charge on any atom is 0.0991 e. The second-order valence-electron chi connectivity index (χ2n) is 1.80. The molecule has 0 radical (unpaired) electrons. The fourth-order valence-electron chi connectivity index (χ4n) is 0.619. The van der Waals surface area contributed by atoms with Crippen molar-refractivity contribution >= 4 is 14.1 Å². The van der Waals surface area contributed by atoms with Gasteiger partial charge in [-0.3, -0.25) is 0 Å². The molecule has 0 heterocycles. The van der Waals surface area contributed by atoms with E-state index in [4.69, 9.17) is 10.2 Å². The SMILES string of the molecule is N#Cc1ccc(PO)cc1. The summed E-state index contributed by atoms with van der Waals surface area (Å²) in [6.07, 6.45) is 0. The van der Waals surface area contributed by atoms with Crippen molar-refractivity contribution in [1.29, 1.82) is 5.26 Å². The molecule has 0 saturated carbocycles. The van der Waals surface area contributed by atoms with Gasteiger partial charge in [-0.1, -0.05) is 12.1 Å². The lowest BCUT2D eigenvalue weighted by Crippen LogP contribution is -1.91. The highest BCUT2D eigenvalue weighted by Gasteiger charge is 1.89. The topological polar surface area (TPSA) is 44.0 Å². The summed E-state index contributed by atoms with van der Waals surface area (Å²) in [6.45, 7) is 0. The molecule has 0 amide bonds. The molecule has 0 aromatic heterocycles.